The number of methoxy groups -OCH3 is 1. The van der Waals surface area contributed by atoms with Crippen molar-refractivity contribution in [2.45, 2.75) is 33.2 Å². The molecule has 0 spiro atoms. The van der Waals surface area contributed by atoms with Gasteiger partial charge in [0.1, 0.15) is 5.75 Å². The van der Waals surface area contributed by atoms with Crippen LogP contribution in [0.15, 0.2) is 36.4 Å². The third-order valence-electron chi connectivity index (χ3n) is 3.66. The van der Waals surface area contributed by atoms with Crippen molar-refractivity contribution in [1.82, 2.24) is 0 Å². The number of rotatable bonds is 4. The molecule has 0 heterocycles. The molecule has 0 aliphatic carbocycles. The lowest BCUT2D eigenvalue weighted by molar-refractivity contribution is 0.404. The molecule has 1 unspecified atom stereocenters. The van der Waals surface area contributed by atoms with E-state index in [1.165, 1.54) is 22.3 Å². The number of aryl methyl sites for hydroxylation is 3. The molecule has 0 saturated carbocycles. The van der Waals surface area contributed by atoms with Gasteiger partial charge in [-0.05, 0) is 49.9 Å². The Morgan fingerprint density at radius 2 is 1.65 bits per heavy atom. The van der Waals surface area contributed by atoms with Crippen molar-refractivity contribution < 1.29 is 4.74 Å². The van der Waals surface area contributed by atoms with E-state index in [0.717, 1.165) is 17.7 Å². The average Bonchev–Trinajstić information content (AvgIpc) is 2.40. The first-order valence-electron chi connectivity index (χ1n) is 6.97. The molecule has 0 aliphatic rings. The summed E-state index contributed by atoms with van der Waals surface area (Å²) in [5, 5.41) is 0. The molecule has 0 aromatic heterocycles. The molecule has 0 radical (unpaired) electrons. The standard InChI is InChI=1S/C18H23NO/c1-12-5-7-15(8-6-12)11-16(19)18-14(3)9-13(2)10-17(18)20-4/h5-10,16H,11,19H2,1-4H3. The van der Waals surface area contributed by atoms with Gasteiger partial charge in [-0.1, -0.05) is 35.9 Å². The summed E-state index contributed by atoms with van der Waals surface area (Å²) in [5.41, 5.74) is 12.4. The summed E-state index contributed by atoms with van der Waals surface area (Å²) >= 11 is 0. The molecule has 0 fully saturated rings. The lowest BCUT2D eigenvalue weighted by Crippen LogP contribution is -2.16. The zero-order chi connectivity index (χ0) is 14.7. The lowest BCUT2D eigenvalue weighted by Gasteiger charge is -2.19. The highest BCUT2D eigenvalue weighted by atomic mass is 16.5. The molecule has 2 aromatic carbocycles. The Balaban J connectivity index is 2.29. The minimum Gasteiger partial charge on any atom is -0.496 e. The van der Waals surface area contributed by atoms with E-state index in [9.17, 15) is 0 Å². The van der Waals surface area contributed by atoms with E-state index in [2.05, 4.69) is 57.2 Å². The van der Waals surface area contributed by atoms with Crippen LogP contribution >= 0.6 is 0 Å². The fourth-order valence-corrected chi connectivity index (χ4v) is 2.66. The Morgan fingerprint density at radius 3 is 2.25 bits per heavy atom. The molecule has 2 rings (SSSR count). The Morgan fingerprint density at radius 1 is 1.00 bits per heavy atom. The highest BCUT2D eigenvalue weighted by molar-refractivity contribution is 5.45. The van der Waals surface area contributed by atoms with E-state index in [1.807, 2.05) is 0 Å². The highest BCUT2D eigenvalue weighted by Crippen LogP contribution is 2.30. The number of ether oxygens (including phenoxy) is 1. The van der Waals surface area contributed by atoms with E-state index in [0.29, 0.717) is 0 Å². The predicted molar refractivity (Wildman–Crippen MR) is 84.3 cm³/mol. The molecule has 1 atom stereocenters. The van der Waals surface area contributed by atoms with Crippen LogP contribution in [0.1, 0.15) is 33.9 Å². The second kappa shape index (κ2) is 6.10. The number of benzene rings is 2. The molecule has 2 heteroatoms. The normalized spacial score (nSPS) is 12.2. The van der Waals surface area contributed by atoms with Crippen LogP contribution in [0.3, 0.4) is 0 Å². The Kier molecular flexibility index (Phi) is 4.46. The first-order chi connectivity index (χ1) is 9.51. The van der Waals surface area contributed by atoms with E-state index >= 15 is 0 Å². The predicted octanol–water partition coefficient (Wildman–Crippen LogP) is 3.86. The molecule has 0 aliphatic heterocycles. The van der Waals surface area contributed by atoms with E-state index in [-0.39, 0.29) is 6.04 Å². The van der Waals surface area contributed by atoms with E-state index in [1.54, 1.807) is 7.11 Å². The third kappa shape index (κ3) is 3.20. The van der Waals surface area contributed by atoms with Crippen LogP contribution in [0, 0.1) is 20.8 Å². The van der Waals surface area contributed by atoms with Crippen LogP contribution in [0.2, 0.25) is 0 Å². The molecule has 0 amide bonds. The maximum atomic E-state index is 6.41. The second-order valence-corrected chi connectivity index (χ2v) is 5.49. The Hall–Kier alpha value is -1.80. The van der Waals surface area contributed by atoms with Crippen molar-refractivity contribution in [2.75, 3.05) is 7.11 Å². The summed E-state index contributed by atoms with van der Waals surface area (Å²) in [4.78, 5) is 0. The van der Waals surface area contributed by atoms with Gasteiger partial charge in [0.2, 0.25) is 0 Å². The summed E-state index contributed by atoms with van der Waals surface area (Å²) in [6, 6.07) is 12.7. The Bertz CT molecular complexity index is 587. The molecule has 2 aromatic rings. The summed E-state index contributed by atoms with van der Waals surface area (Å²) in [6.45, 7) is 6.27. The van der Waals surface area contributed by atoms with Crippen molar-refractivity contribution in [3.8, 4) is 5.75 Å². The average molecular weight is 269 g/mol. The van der Waals surface area contributed by atoms with Crippen molar-refractivity contribution in [3.05, 3.63) is 64.2 Å². The molecule has 2 nitrogen and oxygen atoms in total. The van der Waals surface area contributed by atoms with E-state index < -0.39 is 0 Å². The first-order valence-corrected chi connectivity index (χ1v) is 6.97. The second-order valence-electron chi connectivity index (χ2n) is 5.49. The lowest BCUT2D eigenvalue weighted by atomic mass is 9.93. The summed E-state index contributed by atoms with van der Waals surface area (Å²) in [5.74, 6) is 0.891. The summed E-state index contributed by atoms with van der Waals surface area (Å²) in [7, 11) is 1.70. The van der Waals surface area contributed by atoms with Gasteiger partial charge in [-0.2, -0.15) is 0 Å². The van der Waals surface area contributed by atoms with E-state index in [4.69, 9.17) is 10.5 Å². The van der Waals surface area contributed by atoms with Gasteiger partial charge < -0.3 is 10.5 Å². The molecule has 20 heavy (non-hydrogen) atoms. The van der Waals surface area contributed by atoms with Crippen molar-refractivity contribution in [3.63, 3.8) is 0 Å². The van der Waals surface area contributed by atoms with Crippen LogP contribution in [0.4, 0.5) is 0 Å². The van der Waals surface area contributed by atoms with Gasteiger partial charge in [-0.3, -0.25) is 0 Å². The minimum atomic E-state index is -0.0479. The summed E-state index contributed by atoms with van der Waals surface area (Å²) in [6.07, 6.45) is 0.820. The molecule has 0 bridgehead atoms. The van der Waals surface area contributed by atoms with Gasteiger partial charge in [0.25, 0.3) is 0 Å². The van der Waals surface area contributed by atoms with Crippen LogP contribution in [-0.4, -0.2) is 7.11 Å². The van der Waals surface area contributed by atoms with Crippen molar-refractivity contribution >= 4 is 0 Å². The van der Waals surface area contributed by atoms with Gasteiger partial charge >= 0.3 is 0 Å². The fraction of sp³-hybridized carbons (Fsp3) is 0.333. The van der Waals surface area contributed by atoms with Crippen LogP contribution < -0.4 is 10.5 Å². The quantitative estimate of drug-likeness (QED) is 0.914. The maximum absolute atomic E-state index is 6.41. The summed E-state index contributed by atoms with van der Waals surface area (Å²) < 4.78 is 5.50. The van der Waals surface area contributed by atoms with Crippen LogP contribution in [-0.2, 0) is 6.42 Å². The number of hydrogen-bond donors (Lipinski definition) is 1. The Labute approximate surface area is 121 Å². The van der Waals surface area contributed by atoms with Gasteiger partial charge in [0.15, 0.2) is 0 Å². The molecular formula is C18H23NO. The fourth-order valence-electron chi connectivity index (χ4n) is 2.66. The molecular weight excluding hydrogens is 246 g/mol. The zero-order valence-corrected chi connectivity index (χ0v) is 12.7. The van der Waals surface area contributed by atoms with Gasteiger partial charge in [0.05, 0.1) is 7.11 Å². The smallest absolute Gasteiger partial charge is 0.124 e. The van der Waals surface area contributed by atoms with Gasteiger partial charge in [0, 0.05) is 11.6 Å². The minimum absolute atomic E-state index is 0.0479. The highest BCUT2D eigenvalue weighted by Gasteiger charge is 2.16. The monoisotopic (exact) mass is 269 g/mol. The van der Waals surface area contributed by atoms with Crippen LogP contribution in [0.25, 0.3) is 0 Å². The molecule has 106 valence electrons. The van der Waals surface area contributed by atoms with Crippen molar-refractivity contribution in [1.29, 1.82) is 0 Å². The van der Waals surface area contributed by atoms with Gasteiger partial charge in [-0.25, -0.2) is 0 Å². The molecule has 0 saturated heterocycles. The largest absolute Gasteiger partial charge is 0.496 e. The van der Waals surface area contributed by atoms with Crippen LogP contribution in [0.5, 0.6) is 5.75 Å². The van der Waals surface area contributed by atoms with Gasteiger partial charge in [-0.15, -0.1) is 0 Å². The third-order valence-corrected chi connectivity index (χ3v) is 3.66. The maximum Gasteiger partial charge on any atom is 0.124 e. The first kappa shape index (κ1) is 14.6. The number of hydrogen-bond acceptors (Lipinski definition) is 2. The zero-order valence-electron chi connectivity index (χ0n) is 12.7. The number of nitrogens with two attached hydrogens (primary N) is 1. The topological polar surface area (TPSA) is 35.2 Å². The van der Waals surface area contributed by atoms with Crippen molar-refractivity contribution in [2.24, 2.45) is 5.73 Å². The SMILES string of the molecule is COc1cc(C)cc(C)c1C(N)Cc1ccc(C)cc1. The molecule has 2 N–H and O–H groups in total.